The van der Waals surface area contributed by atoms with Crippen molar-refractivity contribution in [1.29, 1.82) is 0 Å². The van der Waals surface area contributed by atoms with Gasteiger partial charge in [0.15, 0.2) is 11.5 Å². The average molecular weight is 445 g/mol. The van der Waals surface area contributed by atoms with Gasteiger partial charge in [-0.2, -0.15) is 4.31 Å². The number of carbonyl (C=O) groups is 1. The van der Waals surface area contributed by atoms with Crippen LogP contribution in [-0.4, -0.2) is 44.9 Å². The second kappa shape index (κ2) is 8.88. The number of nitrogens with zero attached hydrogens (tertiary/aromatic N) is 1. The summed E-state index contributed by atoms with van der Waals surface area (Å²) < 4.78 is 38.6. The predicted octanol–water partition coefficient (Wildman–Crippen LogP) is 3.31. The van der Waals surface area contributed by atoms with Gasteiger partial charge in [0.25, 0.3) is 0 Å². The quantitative estimate of drug-likeness (QED) is 0.765. The highest BCUT2D eigenvalue weighted by molar-refractivity contribution is 7.89. The summed E-state index contributed by atoms with van der Waals surface area (Å²) in [6.45, 7) is 6.26. The van der Waals surface area contributed by atoms with Crippen LogP contribution in [0.2, 0.25) is 0 Å². The lowest BCUT2D eigenvalue weighted by molar-refractivity contribution is -0.115. The van der Waals surface area contributed by atoms with E-state index in [1.54, 1.807) is 34.6 Å². The molecule has 0 bridgehead atoms. The van der Waals surface area contributed by atoms with Crippen LogP contribution in [-0.2, 0) is 21.2 Å². The van der Waals surface area contributed by atoms with Crippen LogP contribution in [0.5, 0.6) is 11.5 Å². The van der Waals surface area contributed by atoms with Crippen LogP contribution in [0.3, 0.4) is 0 Å². The minimum Gasteiger partial charge on any atom is -0.486 e. The summed E-state index contributed by atoms with van der Waals surface area (Å²) in [4.78, 5) is 12.7. The van der Waals surface area contributed by atoms with Crippen LogP contribution in [0.1, 0.15) is 25.8 Å². The van der Waals surface area contributed by atoms with Gasteiger partial charge in [-0.25, -0.2) is 8.42 Å². The van der Waals surface area contributed by atoms with Crippen molar-refractivity contribution >= 4 is 21.6 Å². The third kappa shape index (κ3) is 5.02. The SMILES string of the molecule is CC1CC(C)CN(S(=O)(=O)c2ccc(NC(=O)Cc3ccc4c(c3)OCCO4)cc2)C1. The molecule has 1 saturated heterocycles. The van der Waals surface area contributed by atoms with Gasteiger partial charge in [0.1, 0.15) is 13.2 Å². The van der Waals surface area contributed by atoms with E-state index in [1.165, 1.54) is 0 Å². The molecule has 31 heavy (non-hydrogen) atoms. The lowest BCUT2D eigenvalue weighted by Crippen LogP contribution is -2.42. The van der Waals surface area contributed by atoms with Crippen molar-refractivity contribution in [3.8, 4) is 11.5 Å². The Morgan fingerprint density at radius 1 is 1.00 bits per heavy atom. The normalized spacial score (nSPS) is 21.5. The molecule has 0 radical (unpaired) electrons. The zero-order chi connectivity index (χ0) is 22.0. The monoisotopic (exact) mass is 444 g/mol. The molecule has 2 aromatic carbocycles. The van der Waals surface area contributed by atoms with Crippen LogP contribution in [0, 0.1) is 11.8 Å². The molecule has 7 nitrogen and oxygen atoms in total. The minimum atomic E-state index is -3.54. The van der Waals surface area contributed by atoms with Crippen molar-refractivity contribution in [2.75, 3.05) is 31.6 Å². The van der Waals surface area contributed by atoms with E-state index in [0.717, 1.165) is 12.0 Å². The van der Waals surface area contributed by atoms with Gasteiger partial charge in [0.2, 0.25) is 15.9 Å². The number of hydrogen-bond acceptors (Lipinski definition) is 5. The summed E-state index contributed by atoms with van der Waals surface area (Å²) in [6, 6.07) is 11.8. The minimum absolute atomic E-state index is 0.181. The van der Waals surface area contributed by atoms with E-state index in [-0.39, 0.29) is 17.2 Å². The Kier molecular flexibility index (Phi) is 6.20. The molecule has 0 spiro atoms. The number of piperidine rings is 1. The highest BCUT2D eigenvalue weighted by Gasteiger charge is 2.31. The fraction of sp³-hybridized carbons (Fsp3) is 0.435. The highest BCUT2D eigenvalue weighted by atomic mass is 32.2. The number of amides is 1. The van der Waals surface area contributed by atoms with E-state index in [2.05, 4.69) is 19.2 Å². The Labute approximate surface area is 183 Å². The van der Waals surface area contributed by atoms with Crippen molar-refractivity contribution in [3.63, 3.8) is 0 Å². The number of fused-ring (bicyclic) bond motifs is 1. The maximum atomic E-state index is 13.0. The first-order valence-electron chi connectivity index (χ1n) is 10.6. The Morgan fingerprint density at radius 2 is 1.65 bits per heavy atom. The summed E-state index contributed by atoms with van der Waals surface area (Å²) in [6.07, 6.45) is 1.22. The van der Waals surface area contributed by atoms with Crippen LogP contribution in [0.15, 0.2) is 47.4 Å². The molecule has 0 aliphatic carbocycles. The molecule has 2 unspecified atom stereocenters. The summed E-state index contributed by atoms with van der Waals surface area (Å²) in [5.41, 5.74) is 1.37. The maximum absolute atomic E-state index is 13.0. The van der Waals surface area contributed by atoms with E-state index >= 15 is 0 Å². The van der Waals surface area contributed by atoms with Crippen molar-refractivity contribution in [2.24, 2.45) is 11.8 Å². The Morgan fingerprint density at radius 3 is 2.32 bits per heavy atom. The van der Waals surface area contributed by atoms with E-state index in [4.69, 9.17) is 9.47 Å². The third-order valence-corrected chi connectivity index (χ3v) is 7.43. The second-order valence-corrected chi connectivity index (χ2v) is 10.4. The van der Waals surface area contributed by atoms with Gasteiger partial charge in [-0.1, -0.05) is 19.9 Å². The van der Waals surface area contributed by atoms with E-state index in [1.807, 2.05) is 12.1 Å². The number of ether oxygens (including phenoxy) is 2. The molecular formula is C23H28N2O5S. The van der Waals surface area contributed by atoms with Gasteiger partial charge in [-0.15, -0.1) is 0 Å². The first-order chi connectivity index (χ1) is 14.8. The fourth-order valence-corrected chi connectivity index (χ4v) is 5.93. The number of benzene rings is 2. The molecule has 2 aliphatic heterocycles. The first-order valence-corrected chi connectivity index (χ1v) is 12.0. The molecule has 8 heteroatoms. The largest absolute Gasteiger partial charge is 0.486 e. The number of rotatable bonds is 5. The summed E-state index contributed by atoms with van der Waals surface area (Å²) in [7, 11) is -3.54. The van der Waals surface area contributed by atoms with Gasteiger partial charge in [-0.3, -0.25) is 4.79 Å². The number of carbonyl (C=O) groups excluding carboxylic acids is 1. The second-order valence-electron chi connectivity index (χ2n) is 8.50. The van der Waals surface area contributed by atoms with Gasteiger partial charge >= 0.3 is 0 Å². The smallest absolute Gasteiger partial charge is 0.243 e. The van der Waals surface area contributed by atoms with Gasteiger partial charge in [0.05, 0.1) is 11.3 Å². The Balaban J connectivity index is 1.39. The van der Waals surface area contributed by atoms with Crippen LogP contribution in [0.25, 0.3) is 0 Å². The number of hydrogen-bond donors (Lipinski definition) is 1. The highest BCUT2D eigenvalue weighted by Crippen LogP contribution is 2.31. The molecule has 0 saturated carbocycles. The van der Waals surface area contributed by atoms with Crippen molar-refractivity contribution < 1.29 is 22.7 Å². The summed E-state index contributed by atoms with van der Waals surface area (Å²) in [5.74, 6) is 1.83. The lowest BCUT2D eigenvalue weighted by atomic mass is 9.94. The number of sulfonamides is 1. The standard InChI is InChI=1S/C23H28N2O5S/c1-16-11-17(2)15-25(14-16)31(27,28)20-6-4-19(5-7-20)24-23(26)13-18-3-8-21-22(12-18)30-10-9-29-21/h3-8,12,16-17H,9-11,13-15H2,1-2H3,(H,24,26). The lowest BCUT2D eigenvalue weighted by Gasteiger charge is -2.34. The molecule has 2 atom stereocenters. The molecule has 2 heterocycles. The third-order valence-electron chi connectivity index (χ3n) is 5.58. The van der Waals surface area contributed by atoms with E-state index in [0.29, 0.717) is 55.3 Å². The summed E-state index contributed by atoms with van der Waals surface area (Å²) in [5, 5.41) is 2.82. The zero-order valence-electron chi connectivity index (χ0n) is 17.8. The molecule has 2 aromatic rings. The number of nitrogens with one attached hydrogen (secondary N) is 1. The number of anilines is 1. The topological polar surface area (TPSA) is 84.9 Å². The summed E-state index contributed by atoms with van der Waals surface area (Å²) >= 11 is 0. The maximum Gasteiger partial charge on any atom is 0.243 e. The van der Waals surface area contributed by atoms with Gasteiger partial charge in [0, 0.05) is 18.8 Å². The Hall–Kier alpha value is -2.58. The van der Waals surface area contributed by atoms with Gasteiger partial charge < -0.3 is 14.8 Å². The van der Waals surface area contributed by atoms with Gasteiger partial charge in [-0.05, 0) is 60.2 Å². The van der Waals surface area contributed by atoms with Crippen LogP contribution >= 0.6 is 0 Å². The average Bonchev–Trinajstić information content (AvgIpc) is 2.73. The van der Waals surface area contributed by atoms with Crippen molar-refractivity contribution in [3.05, 3.63) is 48.0 Å². The molecular weight excluding hydrogens is 416 g/mol. The van der Waals surface area contributed by atoms with Crippen LogP contribution in [0.4, 0.5) is 5.69 Å². The molecule has 0 aromatic heterocycles. The fourth-order valence-electron chi connectivity index (χ4n) is 4.25. The van der Waals surface area contributed by atoms with Crippen LogP contribution < -0.4 is 14.8 Å². The van der Waals surface area contributed by atoms with Crippen molar-refractivity contribution in [1.82, 2.24) is 4.31 Å². The van der Waals surface area contributed by atoms with E-state index in [9.17, 15) is 13.2 Å². The predicted molar refractivity (Wildman–Crippen MR) is 118 cm³/mol. The molecule has 1 N–H and O–H groups in total. The van der Waals surface area contributed by atoms with E-state index < -0.39 is 10.0 Å². The molecule has 166 valence electrons. The Bertz CT molecular complexity index is 1040. The molecule has 1 amide bonds. The molecule has 4 rings (SSSR count). The van der Waals surface area contributed by atoms with Crippen molar-refractivity contribution in [2.45, 2.75) is 31.6 Å². The molecule has 2 aliphatic rings. The molecule has 1 fully saturated rings. The first kappa shape index (κ1) is 21.6. The zero-order valence-corrected chi connectivity index (χ0v) is 18.7.